The minimum absolute atomic E-state index is 0.838. The molecule has 0 amide bonds. The smallest absolute Gasteiger partial charge is 0.150 e. The van der Waals surface area contributed by atoms with E-state index in [0.717, 1.165) is 24.6 Å². The SMILES string of the molecule is Cn1cnnc1CCn1ccnc1-c1cc2ccccc2s1. The predicted molar refractivity (Wildman–Crippen MR) is 87.8 cm³/mol. The van der Waals surface area contributed by atoms with Gasteiger partial charge in [0, 0.05) is 37.1 Å². The number of hydrogen-bond acceptors (Lipinski definition) is 4. The Balaban J connectivity index is 1.63. The predicted octanol–water partition coefficient (Wildman–Crippen LogP) is 3.14. The summed E-state index contributed by atoms with van der Waals surface area (Å²) >= 11 is 1.78. The number of rotatable bonds is 4. The van der Waals surface area contributed by atoms with Crippen LogP contribution in [0.3, 0.4) is 0 Å². The third-order valence-electron chi connectivity index (χ3n) is 3.74. The Bertz CT molecular complexity index is 884. The van der Waals surface area contributed by atoms with Crippen molar-refractivity contribution in [2.24, 2.45) is 7.05 Å². The first-order valence-electron chi connectivity index (χ1n) is 7.14. The highest BCUT2D eigenvalue weighted by Gasteiger charge is 2.10. The molecule has 110 valence electrons. The van der Waals surface area contributed by atoms with Crippen LogP contribution < -0.4 is 0 Å². The van der Waals surface area contributed by atoms with Gasteiger partial charge >= 0.3 is 0 Å². The second-order valence-electron chi connectivity index (χ2n) is 5.20. The molecule has 4 rings (SSSR count). The summed E-state index contributed by atoms with van der Waals surface area (Å²) in [5, 5.41) is 9.32. The number of aryl methyl sites for hydroxylation is 3. The van der Waals surface area contributed by atoms with Gasteiger partial charge in [0.1, 0.15) is 18.0 Å². The molecule has 0 atom stereocenters. The molecule has 0 saturated carbocycles. The first kappa shape index (κ1) is 13.2. The Hall–Kier alpha value is -2.47. The van der Waals surface area contributed by atoms with E-state index in [9.17, 15) is 0 Å². The van der Waals surface area contributed by atoms with Crippen LogP contribution in [0.4, 0.5) is 0 Å². The van der Waals surface area contributed by atoms with Crippen molar-refractivity contribution in [3.8, 4) is 10.7 Å². The quantitative estimate of drug-likeness (QED) is 0.582. The number of imidazole rings is 1. The molecule has 0 fully saturated rings. The van der Waals surface area contributed by atoms with Crippen LogP contribution in [-0.4, -0.2) is 24.3 Å². The molecule has 6 heteroatoms. The zero-order chi connectivity index (χ0) is 14.9. The van der Waals surface area contributed by atoms with E-state index < -0.39 is 0 Å². The highest BCUT2D eigenvalue weighted by Crippen LogP contribution is 2.32. The summed E-state index contributed by atoms with van der Waals surface area (Å²) < 4.78 is 5.43. The van der Waals surface area contributed by atoms with E-state index in [0.29, 0.717) is 0 Å². The molecule has 3 aromatic heterocycles. The van der Waals surface area contributed by atoms with Crippen LogP contribution in [-0.2, 0) is 20.0 Å². The first-order valence-corrected chi connectivity index (χ1v) is 7.96. The van der Waals surface area contributed by atoms with Crippen molar-refractivity contribution < 1.29 is 0 Å². The number of benzene rings is 1. The van der Waals surface area contributed by atoms with Crippen molar-refractivity contribution in [1.29, 1.82) is 0 Å². The lowest BCUT2D eigenvalue weighted by atomic mass is 10.2. The largest absolute Gasteiger partial charge is 0.330 e. The summed E-state index contributed by atoms with van der Waals surface area (Å²) in [6.07, 6.45) is 6.45. The summed E-state index contributed by atoms with van der Waals surface area (Å²) in [6, 6.07) is 10.6. The molecule has 0 saturated heterocycles. The van der Waals surface area contributed by atoms with E-state index >= 15 is 0 Å². The Morgan fingerprint density at radius 1 is 1.23 bits per heavy atom. The van der Waals surface area contributed by atoms with Gasteiger partial charge in [0.25, 0.3) is 0 Å². The molecule has 0 N–H and O–H groups in total. The van der Waals surface area contributed by atoms with Crippen LogP contribution in [0.15, 0.2) is 49.1 Å². The zero-order valence-electron chi connectivity index (χ0n) is 12.2. The van der Waals surface area contributed by atoms with Crippen LogP contribution in [0, 0.1) is 0 Å². The third-order valence-corrected chi connectivity index (χ3v) is 4.85. The molecule has 0 aliphatic rings. The summed E-state index contributed by atoms with van der Waals surface area (Å²) in [6.45, 7) is 0.843. The summed E-state index contributed by atoms with van der Waals surface area (Å²) in [4.78, 5) is 5.73. The maximum Gasteiger partial charge on any atom is 0.150 e. The molecule has 0 unspecified atom stereocenters. The monoisotopic (exact) mass is 309 g/mol. The van der Waals surface area contributed by atoms with Gasteiger partial charge in [0.05, 0.1) is 4.88 Å². The molecule has 5 nitrogen and oxygen atoms in total. The number of aromatic nitrogens is 5. The lowest BCUT2D eigenvalue weighted by Crippen LogP contribution is -2.06. The molecule has 1 aromatic carbocycles. The fourth-order valence-corrected chi connectivity index (χ4v) is 3.64. The average molecular weight is 309 g/mol. The van der Waals surface area contributed by atoms with E-state index in [4.69, 9.17) is 0 Å². The summed E-state index contributed by atoms with van der Waals surface area (Å²) in [5.41, 5.74) is 0. The molecule has 22 heavy (non-hydrogen) atoms. The highest BCUT2D eigenvalue weighted by atomic mass is 32.1. The maximum absolute atomic E-state index is 4.53. The van der Waals surface area contributed by atoms with E-state index in [2.05, 4.69) is 50.1 Å². The van der Waals surface area contributed by atoms with Crippen LogP contribution in [0.5, 0.6) is 0 Å². The van der Waals surface area contributed by atoms with Gasteiger partial charge in [-0.25, -0.2) is 4.98 Å². The van der Waals surface area contributed by atoms with Gasteiger partial charge in [-0.2, -0.15) is 0 Å². The maximum atomic E-state index is 4.53. The molecule has 0 aliphatic heterocycles. The normalized spacial score (nSPS) is 11.3. The van der Waals surface area contributed by atoms with E-state index in [1.165, 1.54) is 15.0 Å². The first-order chi connectivity index (χ1) is 10.8. The van der Waals surface area contributed by atoms with Crippen molar-refractivity contribution in [2.45, 2.75) is 13.0 Å². The van der Waals surface area contributed by atoms with Gasteiger partial charge in [-0.05, 0) is 17.5 Å². The van der Waals surface area contributed by atoms with Crippen LogP contribution >= 0.6 is 11.3 Å². The van der Waals surface area contributed by atoms with E-state index in [-0.39, 0.29) is 0 Å². The Morgan fingerprint density at radius 2 is 2.14 bits per heavy atom. The van der Waals surface area contributed by atoms with Gasteiger partial charge in [-0.3, -0.25) is 0 Å². The van der Waals surface area contributed by atoms with Crippen molar-refractivity contribution in [2.75, 3.05) is 0 Å². The highest BCUT2D eigenvalue weighted by molar-refractivity contribution is 7.22. The lowest BCUT2D eigenvalue weighted by molar-refractivity contribution is 0.654. The van der Waals surface area contributed by atoms with Gasteiger partial charge in [-0.1, -0.05) is 18.2 Å². The van der Waals surface area contributed by atoms with E-state index in [1.807, 2.05) is 24.0 Å². The zero-order valence-corrected chi connectivity index (χ0v) is 13.0. The molecular formula is C16H15N5S. The number of hydrogen-bond donors (Lipinski definition) is 0. The molecule has 0 spiro atoms. The van der Waals surface area contributed by atoms with Crippen molar-refractivity contribution in [3.63, 3.8) is 0 Å². The molecule has 0 bridgehead atoms. The second-order valence-corrected chi connectivity index (χ2v) is 6.28. The standard InChI is InChI=1S/C16H15N5S/c1-20-11-18-19-15(20)6-8-21-9-7-17-16(21)14-10-12-4-2-3-5-13(12)22-14/h2-5,7,9-11H,6,8H2,1H3. The minimum Gasteiger partial charge on any atom is -0.330 e. The summed E-state index contributed by atoms with van der Waals surface area (Å²) in [5.74, 6) is 2.00. The molecule has 4 aromatic rings. The van der Waals surface area contributed by atoms with Crippen molar-refractivity contribution in [3.05, 3.63) is 54.9 Å². The van der Waals surface area contributed by atoms with Crippen molar-refractivity contribution in [1.82, 2.24) is 24.3 Å². The minimum atomic E-state index is 0.838. The van der Waals surface area contributed by atoms with Gasteiger partial charge < -0.3 is 9.13 Å². The topological polar surface area (TPSA) is 48.5 Å². The van der Waals surface area contributed by atoms with Gasteiger partial charge in [0.15, 0.2) is 0 Å². The van der Waals surface area contributed by atoms with E-state index in [1.54, 1.807) is 17.7 Å². The fourth-order valence-electron chi connectivity index (χ4n) is 2.56. The molecule has 0 radical (unpaired) electrons. The number of nitrogens with zero attached hydrogens (tertiary/aromatic N) is 5. The molecular weight excluding hydrogens is 294 g/mol. The Labute approximate surface area is 131 Å². The second kappa shape index (κ2) is 5.38. The van der Waals surface area contributed by atoms with Crippen LogP contribution in [0.25, 0.3) is 20.8 Å². The van der Waals surface area contributed by atoms with Crippen LogP contribution in [0.2, 0.25) is 0 Å². The molecule has 3 heterocycles. The van der Waals surface area contributed by atoms with Gasteiger partial charge in [0.2, 0.25) is 0 Å². The lowest BCUT2D eigenvalue weighted by Gasteiger charge is -2.06. The Morgan fingerprint density at radius 3 is 2.95 bits per heavy atom. The molecule has 0 aliphatic carbocycles. The average Bonchev–Trinajstić information content (AvgIpc) is 3.23. The Kier molecular flexibility index (Phi) is 3.23. The third kappa shape index (κ3) is 2.31. The fraction of sp³-hybridized carbons (Fsp3) is 0.188. The van der Waals surface area contributed by atoms with Crippen LogP contribution in [0.1, 0.15) is 5.82 Å². The van der Waals surface area contributed by atoms with Crippen molar-refractivity contribution >= 4 is 21.4 Å². The number of thiophene rings is 1. The van der Waals surface area contributed by atoms with Gasteiger partial charge in [-0.15, -0.1) is 21.5 Å². The summed E-state index contributed by atoms with van der Waals surface area (Å²) in [7, 11) is 1.97. The number of fused-ring (bicyclic) bond motifs is 1.